The molecular weight excluding hydrogens is 460 g/mol. The van der Waals surface area contributed by atoms with E-state index < -0.39 is 0 Å². The van der Waals surface area contributed by atoms with E-state index in [4.69, 9.17) is 5.26 Å². The number of anilines is 1. The van der Waals surface area contributed by atoms with E-state index in [0.29, 0.717) is 22.8 Å². The van der Waals surface area contributed by atoms with E-state index in [2.05, 4.69) is 37.4 Å². The van der Waals surface area contributed by atoms with Crippen LogP contribution in [-0.4, -0.2) is 71.6 Å². The van der Waals surface area contributed by atoms with Crippen molar-refractivity contribution in [1.29, 1.82) is 5.26 Å². The molecule has 9 heteroatoms. The number of nitriles is 1. The monoisotopic (exact) mass is 486 g/mol. The first kappa shape index (κ1) is 24.4. The second-order valence-corrected chi connectivity index (χ2v) is 9.63. The van der Waals surface area contributed by atoms with Crippen molar-refractivity contribution in [2.75, 3.05) is 45.2 Å². The van der Waals surface area contributed by atoms with Crippen LogP contribution in [0.25, 0.3) is 11.1 Å². The quantitative estimate of drug-likeness (QED) is 0.385. The average Bonchev–Trinajstić information content (AvgIpc) is 2.88. The van der Waals surface area contributed by atoms with Gasteiger partial charge in [-0.3, -0.25) is 9.59 Å². The van der Waals surface area contributed by atoms with Crippen molar-refractivity contribution in [3.05, 3.63) is 71.0 Å². The third-order valence-corrected chi connectivity index (χ3v) is 6.82. The molecule has 0 saturated carbocycles. The van der Waals surface area contributed by atoms with E-state index in [1.807, 2.05) is 25.1 Å². The third-order valence-electron chi connectivity index (χ3n) is 5.72. The molecule has 178 valence electrons. The van der Waals surface area contributed by atoms with Crippen molar-refractivity contribution in [1.82, 2.24) is 19.2 Å². The molecule has 1 fully saturated rings. The Hall–Kier alpha value is -3.74. The van der Waals surface area contributed by atoms with Gasteiger partial charge in [0.25, 0.3) is 5.91 Å². The van der Waals surface area contributed by atoms with Gasteiger partial charge >= 0.3 is 0 Å². The summed E-state index contributed by atoms with van der Waals surface area (Å²) in [7, 11) is 3.34. The standard InChI is InChI=1S/C26H26N6O2S/c1-18-14-22(16-27)29-26(28-18)31-10-12-32(13-11-31)35-23-7-4-19(5-8-23)20-6-9-24(21(15-20)17-33)25(34)30(2)3/h4-9,14-15,17H,10-13H2,1-3H3. The zero-order valence-corrected chi connectivity index (χ0v) is 20.7. The summed E-state index contributed by atoms with van der Waals surface area (Å²) in [5.41, 5.74) is 3.85. The van der Waals surface area contributed by atoms with Crippen LogP contribution in [0.2, 0.25) is 0 Å². The van der Waals surface area contributed by atoms with Gasteiger partial charge in [-0.25, -0.2) is 14.3 Å². The summed E-state index contributed by atoms with van der Waals surface area (Å²) in [6, 6.07) is 17.3. The normalized spacial score (nSPS) is 13.8. The summed E-state index contributed by atoms with van der Waals surface area (Å²) in [5.74, 6) is 0.425. The molecule has 2 aromatic carbocycles. The molecule has 1 amide bonds. The zero-order valence-electron chi connectivity index (χ0n) is 19.9. The van der Waals surface area contributed by atoms with Gasteiger partial charge in [0.1, 0.15) is 11.8 Å². The molecule has 1 aliphatic heterocycles. The van der Waals surface area contributed by atoms with Gasteiger partial charge in [0.05, 0.1) is 5.56 Å². The second kappa shape index (κ2) is 10.7. The van der Waals surface area contributed by atoms with Crippen LogP contribution in [0.3, 0.4) is 0 Å². The maximum Gasteiger partial charge on any atom is 0.254 e. The summed E-state index contributed by atoms with van der Waals surface area (Å²) in [4.78, 5) is 37.4. The summed E-state index contributed by atoms with van der Waals surface area (Å²) < 4.78 is 2.30. The molecule has 0 bridgehead atoms. The van der Waals surface area contributed by atoms with Crippen LogP contribution in [0.1, 0.15) is 32.1 Å². The lowest BCUT2D eigenvalue weighted by molar-refractivity contribution is 0.0824. The zero-order chi connectivity index (χ0) is 24.9. The van der Waals surface area contributed by atoms with Crippen LogP contribution in [-0.2, 0) is 0 Å². The molecule has 0 N–H and O–H groups in total. The molecule has 35 heavy (non-hydrogen) atoms. The highest BCUT2D eigenvalue weighted by molar-refractivity contribution is 7.97. The third kappa shape index (κ3) is 5.67. The van der Waals surface area contributed by atoms with Gasteiger partial charge in [-0.1, -0.05) is 18.2 Å². The van der Waals surface area contributed by atoms with Crippen molar-refractivity contribution in [3.63, 3.8) is 0 Å². The number of rotatable bonds is 6. The summed E-state index contributed by atoms with van der Waals surface area (Å²) in [6.45, 7) is 5.13. The highest BCUT2D eigenvalue weighted by Crippen LogP contribution is 2.29. The Morgan fingerprint density at radius 2 is 1.71 bits per heavy atom. The van der Waals surface area contributed by atoms with Crippen LogP contribution in [0.4, 0.5) is 5.95 Å². The van der Waals surface area contributed by atoms with E-state index in [1.54, 1.807) is 44.2 Å². The fourth-order valence-corrected chi connectivity index (χ4v) is 4.77. The van der Waals surface area contributed by atoms with Crippen molar-refractivity contribution in [2.24, 2.45) is 0 Å². The van der Waals surface area contributed by atoms with Gasteiger partial charge in [0, 0.05) is 56.4 Å². The Labute approximate surface area is 209 Å². The van der Waals surface area contributed by atoms with Crippen molar-refractivity contribution in [3.8, 4) is 17.2 Å². The SMILES string of the molecule is Cc1cc(C#N)nc(N2CCN(Sc3ccc(-c4ccc(C(=O)N(C)C)c(C=O)c4)cc3)CC2)n1. The Bertz CT molecular complexity index is 1280. The largest absolute Gasteiger partial charge is 0.345 e. The van der Waals surface area contributed by atoms with Crippen LogP contribution in [0.5, 0.6) is 0 Å². The number of hydrogen-bond donors (Lipinski definition) is 0. The smallest absolute Gasteiger partial charge is 0.254 e. The minimum Gasteiger partial charge on any atom is -0.345 e. The molecule has 2 heterocycles. The molecule has 4 rings (SSSR count). The van der Waals surface area contributed by atoms with Crippen molar-refractivity contribution < 1.29 is 9.59 Å². The fraction of sp³-hybridized carbons (Fsp3) is 0.269. The summed E-state index contributed by atoms with van der Waals surface area (Å²) in [6.07, 6.45) is 0.729. The van der Waals surface area contributed by atoms with Gasteiger partial charge in [0.15, 0.2) is 6.29 Å². The van der Waals surface area contributed by atoms with Crippen LogP contribution < -0.4 is 4.90 Å². The maximum absolute atomic E-state index is 12.3. The molecule has 0 radical (unpaired) electrons. The first-order chi connectivity index (χ1) is 16.9. The molecule has 0 atom stereocenters. The predicted molar refractivity (Wildman–Crippen MR) is 136 cm³/mol. The van der Waals surface area contributed by atoms with E-state index >= 15 is 0 Å². The van der Waals surface area contributed by atoms with Crippen LogP contribution in [0.15, 0.2) is 53.4 Å². The number of carbonyl (C=O) groups excluding carboxylic acids is 2. The van der Waals surface area contributed by atoms with E-state index in [-0.39, 0.29) is 5.91 Å². The first-order valence-corrected chi connectivity index (χ1v) is 12.0. The Morgan fingerprint density at radius 3 is 2.34 bits per heavy atom. The Morgan fingerprint density at radius 1 is 1.03 bits per heavy atom. The number of nitrogens with zero attached hydrogens (tertiary/aromatic N) is 6. The summed E-state index contributed by atoms with van der Waals surface area (Å²) in [5, 5.41) is 9.16. The minimum atomic E-state index is -0.190. The highest BCUT2D eigenvalue weighted by atomic mass is 32.2. The molecule has 0 aliphatic carbocycles. The highest BCUT2D eigenvalue weighted by Gasteiger charge is 2.21. The minimum absolute atomic E-state index is 0.190. The number of aldehydes is 1. The summed E-state index contributed by atoms with van der Waals surface area (Å²) >= 11 is 1.70. The van der Waals surface area contributed by atoms with Crippen LogP contribution >= 0.6 is 11.9 Å². The molecular formula is C26H26N6O2S. The first-order valence-electron chi connectivity index (χ1n) is 11.2. The molecule has 1 saturated heterocycles. The molecule has 1 aromatic heterocycles. The lowest BCUT2D eigenvalue weighted by atomic mass is 9.99. The van der Waals surface area contributed by atoms with Gasteiger partial charge in [-0.05, 0) is 60.3 Å². The topological polar surface area (TPSA) is 93.4 Å². The van der Waals surface area contributed by atoms with Gasteiger partial charge in [0.2, 0.25) is 5.95 Å². The van der Waals surface area contributed by atoms with E-state index in [9.17, 15) is 9.59 Å². The number of amides is 1. The molecule has 0 unspecified atom stereocenters. The lowest BCUT2D eigenvalue weighted by Gasteiger charge is -2.33. The number of aromatic nitrogens is 2. The van der Waals surface area contributed by atoms with Gasteiger partial charge in [-0.15, -0.1) is 0 Å². The molecule has 3 aromatic rings. The fourth-order valence-electron chi connectivity index (χ4n) is 3.86. The average molecular weight is 487 g/mol. The number of benzene rings is 2. The van der Waals surface area contributed by atoms with E-state index in [1.165, 1.54) is 4.90 Å². The van der Waals surface area contributed by atoms with Crippen LogP contribution in [0, 0.1) is 18.3 Å². The predicted octanol–water partition coefficient (Wildman–Crippen LogP) is 3.67. The van der Waals surface area contributed by atoms with Gasteiger partial charge in [-0.2, -0.15) is 5.26 Å². The lowest BCUT2D eigenvalue weighted by Crippen LogP contribution is -2.44. The number of hydrogen-bond acceptors (Lipinski definition) is 8. The Kier molecular flexibility index (Phi) is 7.44. The molecule has 1 aliphatic rings. The van der Waals surface area contributed by atoms with Gasteiger partial charge < -0.3 is 9.80 Å². The number of piperazine rings is 1. The molecule has 0 spiro atoms. The van der Waals surface area contributed by atoms with Crippen molar-refractivity contribution in [2.45, 2.75) is 11.8 Å². The van der Waals surface area contributed by atoms with E-state index in [0.717, 1.165) is 54.2 Å². The Balaban J connectivity index is 1.39. The second-order valence-electron chi connectivity index (χ2n) is 8.46. The number of carbonyl (C=O) groups is 2. The molecule has 8 nitrogen and oxygen atoms in total. The van der Waals surface area contributed by atoms with Crippen molar-refractivity contribution >= 4 is 30.1 Å². The maximum atomic E-state index is 12.3. The number of aryl methyl sites for hydroxylation is 1.